The van der Waals surface area contributed by atoms with E-state index >= 15 is 0 Å². The fourth-order valence-electron chi connectivity index (χ4n) is 2.81. The number of nitrogens with zero attached hydrogens (tertiary/aromatic N) is 2. The predicted molar refractivity (Wildman–Crippen MR) is 88.5 cm³/mol. The molecule has 5 nitrogen and oxygen atoms in total. The SMILES string of the molecule is Cc1nc(-c2ccc(CN3CC[NH+](C)CC3)cc2)sc1C(=O)[O-]. The highest BCUT2D eigenvalue weighted by molar-refractivity contribution is 7.17. The Hall–Kier alpha value is -1.76. The highest BCUT2D eigenvalue weighted by Crippen LogP contribution is 2.27. The zero-order chi connectivity index (χ0) is 16.4. The predicted octanol–water partition coefficient (Wildman–Crippen LogP) is -0.188. The molecule has 23 heavy (non-hydrogen) atoms. The summed E-state index contributed by atoms with van der Waals surface area (Å²) in [6, 6.07) is 8.26. The molecule has 0 radical (unpaired) electrons. The number of hydrogen-bond donors (Lipinski definition) is 1. The maximum atomic E-state index is 11.0. The minimum atomic E-state index is -1.15. The van der Waals surface area contributed by atoms with Gasteiger partial charge in [-0.15, -0.1) is 11.3 Å². The van der Waals surface area contributed by atoms with Crippen LogP contribution in [-0.2, 0) is 6.54 Å². The number of aromatic nitrogens is 1. The van der Waals surface area contributed by atoms with Crippen molar-refractivity contribution in [3.05, 3.63) is 40.4 Å². The Morgan fingerprint density at radius 3 is 2.52 bits per heavy atom. The van der Waals surface area contributed by atoms with E-state index in [4.69, 9.17) is 0 Å². The van der Waals surface area contributed by atoms with E-state index in [-0.39, 0.29) is 4.88 Å². The number of benzene rings is 1. The third-order valence-electron chi connectivity index (χ3n) is 4.30. The van der Waals surface area contributed by atoms with Crippen molar-refractivity contribution >= 4 is 17.3 Å². The van der Waals surface area contributed by atoms with Gasteiger partial charge in [0.25, 0.3) is 0 Å². The molecule has 0 spiro atoms. The molecule has 1 N–H and O–H groups in total. The lowest BCUT2D eigenvalue weighted by Crippen LogP contribution is -3.11. The van der Waals surface area contributed by atoms with E-state index in [1.54, 1.807) is 11.8 Å². The van der Waals surface area contributed by atoms with Gasteiger partial charge < -0.3 is 14.8 Å². The summed E-state index contributed by atoms with van der Waals surface area (Å²) in [4.78, 5) is 19.6. The summed E-state index contributed by atoms with van der Waals surface area (Å²) in [5.41, 5.74) is 2.76. The van der Waals surface area contributed by atoms with Crippen LogP contribution in [0.2, 0.25) is 0 Å². The zero-order valence-corrected chi connectivity index (χ0v) is 14.3. The topological polar surface area (TPSA) is 60.7 Å². The number of aromatic carboxylic acids is 1. The van der Waals surface area contributed by atoms with Crippen LogP contribution in [0.15, 0.2) is 24.3 Å². The first kappa shape index (κ1) is 16.1. The Kier molecular flexibility index (Phi) is 4.75. The number of thiazole rings is 1. The van der Waals surface area contributed by atoms with Crippen LogP contribution in [-0.4, -0.2) is 49.1 Å². The van der Waals surface area contributed by atoms with Gasteiger partial charge in [-0.1, -0.05) is 24.3 Å². The summed E-state index contributed by atoms with van der Waals surface area (Å²) in [6.45, 7) is 7.33. The normalized spacial score (nSPS) is 16.6. The van der Waals surface area contributed by atoms with E-state index in [0.29, 0.717) is 5.69 Å². The van der Waals surface area contributed by atoms with Crippen molar-refractivity contribution < 1.29 is 14.8 Å². The van der Waals surface area contributed by atoms with E-state index in [1.807, 2.05) is 12.1 Å². The van der Waals surface area contributed by atoms with Crippen LogP contribution in [0.25, 0.3) is 10.6 Å². The number of carbonyl (C=O) groups excluding carboxylic acids is 1. The van der Waals surface area contributed by atoms with E-state index in [1.165, 1.54) is 30.0 Å². The summed E-state index contributed by atoms with van der Waals surface area (Å²) < 4.78 is 0. The molecule has 3 rings (SSSR count). The average Bonchev–Trinajstić information content (AvgIpc) is 2.92. The van der Waals surface area contributed by atoms with Crippen molar-refractivity contribution in [3.8, 4) is 10.6 Å². The number of carboxylic acid groups (broad SMARTS) is 1. The quantitative estimate of drug-likeness (QED) is 0.844. The van der Waals surface area contributed by atoms with Gasteiger partial charge in [0.15, 0.2) is 0 Å². The summed E-state index contributed by atoms with van der Waals surface area (Å²) in [5.74, 6) is -1.15. The Balaban J connectivity index is 1.69. The minimum Gasteiger partial charge on any atom is -0.544 e. The lowest BCUT2D eigenvalue weighted by Gasteiger charge is -2.29. The number of carbonyl (C=O) groups is 1. The first-order valence-electron chi connectivity index (χ1n) is 7.84. The van der Waals surface area contributed by atoms with E-state index in [2.05, 4.69) is 29.1 Å². The molecule has 6 heteroatoms. The summed E-state index contributed by atoms with van der Waals surface area (Å²) in [7, 11) is 2.24. The van der Waals surface area contributed by atoms with Gasteiger partial charge in [0, 0.05) is 25.2 Å². The molecule has 1 aliphatic heterocycles. The third kappa shape index (κ3) is 3.77. The fourth-order valence-corrected chi connectivity index (χ4v) is 3.72. The molecular formula is C17H21N3O2S. The fraction of sp³-hybridized carbons (Fsp3) is 0.412. The number of hydrogen-bond acceptors (Lipinski definition) is 5. The van der Waals surface area contributed by atoms with E-state index in [0.717, 1.165) is 30.2 Å². The standard InChI is InChI=1S/C17H21N3O2S/c1-12-15(17(21)22)23-16(18-12)14-5-3-13(4-6-14)11-20-9-7-19(2)8-10-20/h3-6H,7-11H2,1-2H3,(H,21,22). The molecular weight excluding hydrogens is 310 g/mol. The molecule has 122 valence electrons. The second kappa shape index (κ2) is 6.78. The van der Waals surface area contributed by atoms with Crippen LogP contribution < -0.4 is 10.0 Å². The van der Waals surface area contributed by atoms with Gasteiger partial charge in [0.1, 0.15) is 5.01 Å². The maximum absolute atomic E-state index is 11.0. The van der Waals surface area contributed by atoms with Crippen molar-refractivity contribution in [2.75, 3.05) is 33.2 Å². The first-order chi connectivity index (χ1) is 11.0. The Morgan fingerprint density at radius 2 is 1.96 bits per heavy atom. The molecule has 0 saturated carbocycles. The van der Waals surface area contributed by atoms with Crippen LogP contribution in [0.4, 0.5) is 0 Å². The van der Waals surface area contributed by atoms with Gasteiger partial charge in [-0.05, 0) is 12.5 Å². The largest absolute Gasteiger partial charge is 0.544 e. The number of aryl methyl sites for hydroxylation is 1. The van der Waals surface area contributed by atoms with Crippen LogP contribution >= 0.6 is 11.3 Å². The number of rotatable bonds is 4. The van der Waals surface area contributed by atoms with Gasteiger partial charge in [-0.25, -0.2) is 4.98 Å². The second-order valence-corrected chi connectivity index (χ2v) is 7.15. The second-order valence-electron chi connectivity index (χ2n) is 6.15. The number of quaternary nitrogens is 1. The van der Waals surface area contributed by atoms with Gasteiger partial charge in [0.2, 0.25) is 0 Å². The zero-order valence-electron chi connectivity index (χ0n) is 13.5. The van der Waals surface area contributed by atoms with Crippen molar-refractivity contribution in [2.24, 2.45) is 0 Å². The van der Waals surface area contributed by atoms with Crippen molar-refractivity contribution in [1.29, 1.82) is 0 Å². The third-order valence-corrected chi connectivity index (χ3v) is 5.49. The Labute approximate surface area is 140 Å². The summed E-state index contributed by atoms with van der Waals surface area (Å²) in [6.07, 6.45) is 0. The van der Waals surface area contributed by atoms with Crippen LogP contribution in [0.1, 0.15) is 20.9 Å². The molecule has 1 fully saturated rings. The lowest BCUT2D eigenvalue weighted by atomic mass is 10.1. The number of likely N-dealkylation sites (N-methyl/N-ethyl adjacent to an activating group) is 1. The molecule has 0 aliphatic carbocycles. The van der Waals surface area contributed by atoms with Gasteiger partial charge in [-0.3, -0.25) is 4.90 Å². The van der Waals surface area contributed by atoms with Crippen LogP contribution in [0.3, 0.4) is 0 Å². The Morgan fingerprint density at radius 1 is 1.30 bits per heavy atom. The van der Waals surface area contributed by atoms with E-state index in [9.17, 15) is 9.90 Å². The average molecular weight is 331 g/mol. The van der Waals surface area contributed by atoms with Gasteiger partial charge >= 0.3 is 0 Å². The van der Waals surface area contributed by atoms with Crippen molar-refractivity contribution in [2.45, 2.75) is 13.5 Å². The highest BCUT2D eigenvalue weighted by atomic mass is 32.1. The number of carboxylic acids is 1. The monoisotopic (exact) mass is 331 g/mol. The number of nitrogens with one attached hydrogen (secondary N) is 1. The van der Waals surface area contributed by atoms with Crippen molar-refractivity contribution in [1.82, 2.24) is 9.88 Å². The summed E-state index contributed by atoms with van der Waals surface area (Å²) >= 11 is 1.18. The number of piperazine rings is 1. The summed E-state index contributed by atoms with van der Waals surface area (Å²) in [5, 5.41) is 11.7. The minimum absolute atomic E-state index is 0.212. The van der Waals surface area contributed by atoms with Gasteiger partial charge in [0.05, 0.1) is 36.7 Å². The molecule has 0 bridgehead atoms. The molecule has 1 aromatic heterocycles. The molecule has 1 saturated heterocycles. The molecule has 1 aromatic carbocycles. The van der Waals surface area contributed by atoms with Gasteiger partial charge in [-0.2, -0.15) is 0 Å². The van der Waals surface area contributed by atoms with Crippen LogP contribution in [0, 0.1) is 6.92 Å². The van der Waals surface area contributed by atoms with E-state index < -0.39 is 5.97 Å². The molecule has 2 heterocycles. The molecule has 2 aromatic rings. The highest BCUT2D eigenvalue weighted by Gasteiger charge is 2.16. The Bertz CT molecular complexity index is 688. The maximum Gasteiger partial charge on any atom is 0.124 e. The van der Waals surface area contributed by atoms with Crippen LogP contribution in [0.5, 0.6) is 0 Å². The van der Waals surface area contributed by atoms with Crippen molar-refractivity contribution in [3.63, 3.8) is 0 Å². The molecule has 0 atom stereocenters. The molecule has 0 unspecified atom stereocenters. The molecule has 1 aliphatic rings. The molecule has 0 amide bonds. The lowest BCUT2D eigenvalue weighted by molar-refractivity contribution is -0.884. The smallest absolute Gasteiger partial charge is 0.124 e. The first-order valence-corrected chi connectivity index (χ1v) is 8.66.